The van der Waals surface area contributed by atoms with Crippen molar-refractivity contribution in [3.8, 4) is 0 Å². The number of nitrogens with zero attached hydrogens (tertiary/aromatic N) is 3. The van der Waals surface area contributed by atoms with Crippen LogP contribution in [-0.2, 0) is 19.5 Å². The fraction of sp³-hybridized carbons (Fsp3) is 0.786. The molecular weight excluding hydrogens is 260 g/mol. The van der Waals surface area contributed by atoms with Crippen LogP contribution < -0.4 is 5.32 Å². The second-order valence-electron chi connectivity index (χ2n) is 5.09. The van der Waals surface area contributed by atoms with Crippen molar-refractivity contribution >= 4 is 11.6 Å². The van der Waals surface area contributed by atoms with Crippen LogP contribution in [-0.4, -0.2) is 40.4 Å². The molecule has 2 rings (SSSR count). The molecule has 2 heterocycles. The summed E-state index contributed by atoms with van der Waals surface area (Å²) >= 11 is 6.49. The summed E-state index contributed by atoms with van der Waals surface area (Å²) in [7, 11) is 0. The first-order chi connectivity index (χ1) is 9.21. The third-order valence-corrected chi connectivity index (χ3v) is 4.44. The van der Waals surface area contributed by atoms with E-state index in [1.54, 1.807) is 0 Å². The largest absolute Gasteiger partial charge is 0.315 e. The van der Waals surface area contributed by atoms with Crippen molar-refractivity contribution in [1.82, 2.24) is 20.0 Å². The minimum Gasteiger partial charge on any atom is -0.315 e. The highest BCUT2D eigenvalue weighted by atomic mass is 35.5. The van der Waals surface area contributed by atoms with Crippen LogP contribution >= 0.6 is 11.6 Å². The molecule has 1 aliphatic heterocycles. The lowest BCUT2D eigenvalue weighted by Crippen LogP contribution is -2.36. The molecule has 108 valence electrons. The van der Waals surface area contributed by atoms with Gasteiger partial charge in [-0.25, -0.2) is 0 Å². The lowest BCUT2D eigenvalue weighted by Gasteiger charge is -2.27. The second-order valence-corrected chi connectivity index (χ2v) is 5.46. The van der Waals surface area contributed by atoms with Crippen molar-refractivity contribution in [3.05, 3.63) is 16.4 Å². The molecule has 1 N–H and O–H groups in total. The van der Waals surface area contributed by atoms with Gasteiger partial charge in [0.1, 0.15) is 0 Å². The van der Waals surface area contributed by atoms with Crippen LogP contribution in [0.25, 0.3) is 0 Å². The van der Waals surface area contributed by atoms with Crippen LogP contribution in [0.2, 0.25) is 5.02 Å². The maximum Gasteiger partial charge on any atom is 0.0863 e. The predicted octanol–water partition coefficient (Wildman–Crippen LogP) is 2.30. The molecule has 1 aliphatic rings. The molecule has 5 heteroatoms. The van der Waals surface area contributed by atoms with E-state index in [1.807, 2.05) is 0 Å². The highest BCUT2D eigenvalue weighted by Crippen LogP contribution is 2.24. The van der Waals surface area contributed by atoms with Gasteiger partial charge in [-0.2, -0.15) is 5.10 Å². The van der Waals surface area contributed by atoms with Crippen LogP contribution in [0.15, 0.2) is 0 Å². The third-order valence-electron chi connectivity index (χ3n) is 4.00. The minimum atomic E-state index is 0.631. The number of halogens is 1. The summed E-state index contributed by atoms with van der Waals surface area (Å²) in [6, 6.07) is 0.631. The van der Waals surface area contributed by atoms with Crippen molar-refractivity contribution in [1.29, 1.82) is 0 Å². The number of aromatic nitrogens is 2. The second kappa shape index (κ2) is 6.73. The maximum absolute atomic E-state index is 6.49. The van der Waals surface area contributed by atoms with Gasteiger partial charge in [0.25, 0.3) is 0 Å². The Morgan fingerprint density at radius 3 is 2.74 bits per heavy atom. The van der Waals surface area contributed by atoms with Crippen molar-refractivity contribution in [2.75, 3.05) is 19.6 Å². The monoisotopic (exact) mass is 284 g/mol. The number of likely N-dealkylation sites (N-methyl/N-ethyl adjacent to an activating group) is 1. The summed E-state index contributed by atoms with van der Waals surface area (Å²) in [6.07, 6.45) is 2.13. The van der Waals surface area contributed by atoms with E-state index in [0.29, 0.717) is 6.04 Å². The first kappa shape index (κ1) is 14.8. The molecule has 0 aliphatic carbocycles. The molecule has 0 amide bonds. The normalized spacial score (nSPS) is 19.5. The summed E-state index contributed by atoms with van der Waals surface area (Å²) in [5.41, 5.74) is 2.20. The Labute approximate surface area is 121 Å². The quantitative estimate of drug-likeness (QED) is 0.870. The van der Waals surface area contributed by atoms with E-state index in [1.165, 1.54) is 12.1 Å². The molecule has 0 bridgehead atoms. The fourth-order valence-corrected chi connectivity index (χ4v) is 3.14. The van der Waals surface area contributed by atoms with E-state index in [-0.39, 0.29) is 0 Å². The number of hydrogen-bond acceptors (Lipinski definition) is 3. The van der Waals surface area contributed by atoms with E-state index >= 15 is 0 Å². The summed E-state index contributed by atoms with van der Waals surface area (Å²) < 4.78 is 2.06. The van der Waals surface area contributed by atoms with Gasteiger partial charge in [0.05, 0.1) is 16.4 Å². The van der Waals surface area contributed by atoms with Gasteiger partial charge in [-0.15, -0.1) is 0 Å². The zero-order valence-electron chi connectivity index (χ0n) is 12.2. The number of aryl methyl sites for hydroxylation is 2. The molecular formula is C14H25ClN4. The van der Waals surface area contributed by atoms with Crippen LogP contribution in [0.1, 0.15) is 38.6 Å². The van der Waals surface area contributed by atoms with Gasteiger partial charge in [0.2, 0.25) is 0 Å². The Balaban J connectivity index is 2.18. The van der Waals surface area contributed by atoms with Crippen molar-refractivity contribution < 1.29 is 0 Å². The molecule has 1 aromatic heterocycles. The first-order valence-corrected chi connectivity index (χ1v) is 7.77. The van der Waals surface area contributed by atoms with Gasteiger partial charge in [0, 0.05) is 25.7 Å². The van der Waals surface area contributed by atoms with Gasteiger partial charge in [-0.05, 0) is 32.9 Å². The van der Waals surface area contributed by atoms with Crippen LogP contribution in [0.4, 0.5) is 0 Å². The molecule has 19 heavy (non-hydrogen) atoms. The predicted molar refractivity (Wildman–Crippen MR) is 79.6 cm³/mol. The highest BCUT2D eigenvalue weighted by molar-refractivity contribution is 6.31. The summed E-state index contributed by atoms with van der Waals surface area (Å²) in [5.74, 6) is 0. The van der Waals surface area contributed by atoms with E-state index in [2.05, 4.69) is 40.8 Å². The third kappa shape index (κ3) is 3.12. The molecule has 1 aromatic rings. The summed E-state index contributed by atoms with van der Waals surface area (Å²) in [4.78, 5) is 2.51. The number of rotatable bonds is 6. The molecule has 4 nitrogen and oxygen atoms in total. The molecule has 1 atom stereocenters. The average molecular weight is 285 g/mol. The van der Waals surface area contributed by atoms with Gasteiger partial charge in [-0.1, -0.05) is 25.4 Å². The number of hydrogen-bond donors (Lipinski definition) is 1. The number of nitrogens with one attached hydrogen (secondary N) is 1. The van der Waals surface area contributed by atoms with Crippen LogP contribution in [0.3, 0.4) is 0 Å². The van der Waals surface area contributed by atoms with E-state index < -0.39 is 0 Å². The zero-order chi connectivity index (χ0) is 13.8. The van der Waals surface area contributed by atoms with Gasteiger partial charge >= 0.3 is 0 Å². The lowest BCUT2D eigenvalue weighted by atomic mass is 10.2. The Morgan fingerprint density at radius 2 is 2.21 bits per heavy atom. The average Bonchev–Trinajstić information content (AvgIpc) is 3.04. The standard InChI is InChI=1S/C14H25ClN4/c1-4-12-14(15)13(19(6-3)17-12)10-18(5-2)11-7-8-16-9-11/h11,16H,4-10H2,1-3H3. The molecule has 0 aromatic carbocycles. The first-order valence-electron chi connectivity index (χ1n) is 7.40. The Kier molecular flexibility index (Phi) is 5.25. The Hall–Kier alpha value is -0.580. The van der Waals surface area contributed by atoms with Crippen LogP contribution in [0, 0.1) is 0 Å². The van der Waals surface area contributed by atoms with Gasteiger partial charge < -0.3 is 5.32 Å². The summed E-state index contributed by atoms with van der Waals surface area (Å²) in [5, 5.41) is 8.91. The van der Waals surface area contributed by atoms with Crippen molar-refractivity contribution in [3.63, 3.8) is 0 Å². The maximum atomic E-state index is 6.49. The topological polar surface area (TPSA) is 33.1 Å². The fourth-order valence-electron chi connectivity index (χ4n) is 2.81. The highest BCUT2D eigenvalue weighted by Gasteiger charge is 2.24. The zero-order valence-corrected chi connectivity index (χ0v) is 13.0. The molecule has 0 spiro atoms. The van der Waals surface area contributed by atoms with E-state index in [0.717, 1.165) is 49.9 Å². The van der Waals surface area contributed by atoms with E-state index in [9.17, 15) is 0 Å². The SMILES string of the molecule is CCc1nn(CC)c(CN(CC)C2CCNC2)c1Cl. The summed E-state index contributed by atoms with van der Waals surface area (Å²) in [6.45, 7) is 11.5. The van der Waals surface area contributed by atoms with Gasteiger partial charge in [-0.3, -0.25) is 9.58 Å². The Morgan fingerprint density at radius 1 is 1.42 bits per heavy atom. The molecule has 1 fully saturated rings. The molecule has 1 saturated heterocycles. The molecule has 0 saturated carbocycles. The smallest absolute Gasteiger partial charge is 0.0863 e. The van der Waals surface area contributed by atoms with Gasteiger partial charge in [0.15, 0.2) is 0 Å². The van der Waals surface area contributed by atoms with Crippen LogP contribution in [0.5, 0.6) is 0 Å². The van der Waals surface area contributed by atoms with E-state index in [4.69, 9.17) is 11.6 Å². The minimum absolute atomic E-state index is 0.631. The van der Waals surface area contributed by atoms with Crippen molar-refractivity contribution in [2.24, 2.45) is 0 Å². The Bertz CT molecular complexity index is 410. The lowest BCUT2D eigenvalue weighted by molar-refractivity contribution is 0.204. The molecule has 0 radical (unpaired) electrons. The molecule has 1 unspecified atom stereocenters. The van der Waals surface area contributed by atoms with Crippen molar-refractivity contribution in [2.45, 2.75) is 52.7 Å².